The molecule has 0 unspecified atom stereocenters. The summed E-state index contributed by atoms with van der Waals surface area (Å²) in [4.78, 5) is 31.8. The lowest BCUT2D eigenvalue weighted by molar-refractivity contribution is -0.204. The van der Waals surface area contributed by atoms with Gasteiger partial charge in [-0.25, -0.2) is 0 Å². The van der Waals surface area contributed by atoms with E-state index in [4.69, 9.17) is 0 Å². The number of carbonyl (C=O) groups is 2. The van der Waals surface area contributed by atoms with E-state index in [9.17, 15) is 14.7 Å². The van der Waals surface area contributed by atoms with Crippen molar-refractivity contribution in [3.63, 3.8) is 0 Å². The summed E-state index contributed by atoms with van der Waals surface area (Å²) in [6.45, 7) is 3.37. The number of amides is 2. The van der Waals surface area contributed by atoms with Crippen molar-refractivity contribution in [1.82, 2.24) is 14.7 Å². The molecule has 1 spiro atoms. The molecule has 1 aromatic rings. The van der Waals surface area contributed by atoms with Gasteiger partial charge >= 0.3 is 0 Å². The monoisotopic (exact) mass is 425 g/mol. The average molecular weight is 426 g/mol. The SMILES string of the molecule is C/C=C/c1ccc([C@@H]2[C@H](CO)N(C(=O)CN(C)C)C23CN(C(=O)C2CCCC2)C3)cc1. The molecule has 2 saturated heterocycles. The number of hydrogen-bond acceptors (Lipinski definition) is 4. The van der Waals surface area contributed by atoms with E-state index >= 15 is 0 Å². The number of allylic oxidation sites excluding steroid dienone is 1. The Hall–Kier alpha value is -2.18. The fourth-order valence-corrected chi connectivity index (χ4v) is 5.96. The summed E-state index contributed by atoms with van der Waals surface area (Å²) in [7, 11) is 3.76. The highest BCUT2D eigenvalue weighted by atomic mass is 16.3. The van der Waals surface area contributed by atoms with E-state index in [0.29, 0.717) is 19.6 Å². The van der Waals surface area contributed by atoms with Crippen molar-refractivity contribution < 1.29 is 14.7 Å². The van der Waals surface area contributed by atoms with Crippen LogP contribution < -0.4 is 0 Å². The highest BCUT2D eigenvalue weighted by Gasteiger charge is 2.68. The van der Waals surface area contributed by atoms with Gasteiger partial charge in [0.1, 0.15) is 0 Å². The maximum Gasteiger partial charge on any atom is 0.237 e. The van der Waals surface area contributed by atoms with E-state index in [2.05, 4.69) is 30.3 Å². The minimum absolute atomic E-state index is 0.0267. The summed E-state index contributed by atoms with van der Waals surface area (Å²) in [5.74, 6) is 0.461. The Morgan fingerprint density at radius 2 is 1.81 bits per heavy atom. The van der Waals surface area contributed by atoms with Crippen molar-refractivity contribution in [2.45, 2.75) is 50.1 Å². The minimum Gasteiger partial charge on any atom is -0.394 e. The molecule has 6 heteroatoms. The van der Waals surface area contributed by atoms with E-state index in [1.54, 1.807) is 0 Å². The fraction of sp³-hybridized carbons (Fsp3) is 0.600. The van der Waals surface area contributed by atoms with Crippen LogP contribution in [0.4, 0.5) is 0 Å². The van der Waals surface area contributed by atoms with Crippen LogP contribution in [0.15, 0.2) is 30.3 Å². The predicted octanol–water partition coefficient (Wildman–Crippen LogP) is 2.34. The standard InChI is InChI=1S/C25H35N3O3/c1-4-7-18-10-12-19(13-11-18)23-21(15-29)28(22(30)14-26(2)3)25(23)16-27(17-25)24(31)20-8-5-6-9-20/h4,7,10-13,20-21,23,29H,5-6,8-9,14-17H2,1-3H3/b7-4+/t21-,23+/m0/s1. The molecule has 31 heavy (non-hydrogen) atoms. The summed E-state index contributed by atoms with van der Waals surface area (Å²) in [6, 6.07) is 8.15. The molecule has 1 saturated carbocycles. The maximum absolute atomic E-state index is 13.1. The highest BCUT2D eigenvalue weighted by Crippen LogP contribution is 2.54. The van der Waals surface area contributed by atoms with Crippen molar-refractivity contribution in [2.75, 3.05) is 40.3 Å². The molecule has 168 valence electrons. The minimum atomic E-state index is -0.406. The van der Waals surface area contributed by atoms with Gasteiger partial charge in [0.2, 0.25) is 11.8 Å². The number of aliphatic hydroxyl groups excluding tert-OH is 1. The van der Waals surface area contributed by atoms with Crippen LogP contribution in [0.5, 0.6) is 0 Å². The molecule has 0 bridgehead atoms. The summed E-state index contributed by atoms with van der Waals surface area (Å²) in [5.41, 5.74) is 1.86. The van der Waals surface area contributed by atoms with Gasteiger partial charge in [-0.2, -0.15) is 0 Å². The second kappa shape index (κ2) is 8.75. The highest BCUT2D eigenvalue weighted by molar-refractivity contribution is 5.84. The number of benzene rings is 1. The molecular formula is C25H35N3O3. The van der Waals surface area contributed by atoms with Crippen LogP contribution in [0.2, 0.25) is 0 Å². The second-order valence-corrected chi connectivity index (χ2v) is 9.68. The van der Waals surface area contributed by atoms with Gasteiger partial charge in [0.15, 0.2) is 0 Å². The first-order valence-electron chi connectivity index (χ1n) is 11.5. The Bertz CT molecular complexity index is 836. The van der Waals surface area contributed by atoms with Gasteiger partial charge in [0.25, 0.3) is 0 Å². The number of rotatable bonds is 6. The van der Waals surface area contributed by atoms with Gasteiger partial charge in [0, 0.05) is 24.9 Å². The Labute approximate surface area is 185 Å². The van der Waals surface area contributed by atoms with Crippen LogP contribution in [0.1, 0.15) is 49.7 Å². The van der Waals surface area contributed by atoms with Crippen molar-refractivity contribution in [2.24, 2.45) is 5.92 Å². The van der Waals surface area contributed by atoms with Gasteiger partial charge in [-0.05, 0) is 45.0 Å². The molecule has 2 aliphatic heterocycles. The van der Waals surface area contributed by atoms with E-state index in [1.807, 2.05) is 41.8 Å². The molecule has 1 aromatic carbocycles. The Kier molecular flexibility index (Phi) is 6.22. The third-order valence-corrected chi connectivity index (χ3v) is 7.28. The molecule has 1 N–H and O–H groups in total. The van der Waals surface area contributed by atoms with Crippen LogP contribution in [0, 0.1) is 5.92 Å². The first kappa shape index (κ1) is 22.0. The lowest BCUT2D eigenvalue weighted by Gasteiger charge is -2.70. The molecular weight excluding hydrogens is 390 g/mol. The summed E-state index contributed by atoms with van der Waals surface area (Å²) in [5, 5.41) is 10.2. The van der Waals surface area contributed by atoms with Crippen LogP contribution >= 0.6 is 0 Å². The second-order valence-electron chi connectivity index (χ2n) is 9.68. The van der Waals surface area contributed by atoms with E-state index in [-0.39, 0.29) is 36.3 Å². The molecule has 2 atom stereocenters. The van der Waals surface area contributed by atoms with Crippen molar-refractivity contribution in [3.8, 4) is 0 Å². The summed E-state index contributed by atoms with van der Waals surface area (Å²) < 4.78 is 0. The Morgan fingerprint density at radius 1 is 1.16 bits per heavy atom. The molecule has 3 fully saturated rings. The van der Waals surface area contributed by atoms with Crippen molar-refractivity contribution >= 4 is 17.9 Å². The topological polar surface area (TPSA) is 64.1 Å². The maximum atomic E-state index is 13.1. The molecule has 0 aromatic heterocycles. The number of hydrogen-bond donors (Lipinski definition) is 1. The zero-order valence-electron chi connectivity index (χ0n) is 19.0. The first-order valence-corrected chi connectivity index (χ1v) is 11.5. The van der Waals surface area contributed by atoms with E-state index < -0.39 is 5.54 Å². The number of likely N-dealkylation sites (tertiary alicyclic amines) is 2. The van der Waals surface area contributed by atoms with Crippen LogP contribution in [0.3, 0.4) is 0 Å². The smallest absolute Gasteiger partial charge is 0.237 e. The molecule has 4 rings (SSSR count). The number of likely N-dealkylation sites (N-methyl/N-ethyl adjacent to an activating group) is 1. The third-order valence-electron chi connectivity index (χ3n) is 7.28. The Balaban J connectivity index is 1.60. The van der Waals surface area contributed by atoms with Crippen molar-refractivity contribution in [3.05, 3.63) is 41.5 Å². The van der Waals surface area contributed by atoms with E-state index in [0.717, 1.165) is 36.8 Å². The molecule has 0 radical (unpaired) electrons. The van der Waals surface area contributed by atoms with Gasteiger partial charge in [-0.3, -0.25) is 9.59 Å². The molecule has 6 nitrogen and oxygen atoms in total. The Morgan fingerprint density at radius 3 is 2.35 bits per heavy atom. The molecule has 1 aliphatic carbocycles. The zero-order chi connectivity index (χ0) is 22.2. The van der Waals surface area contributed by atoms with Gasteiger partial charge in [-0.1, -0.05) is 49.3 Å². The normalized spacial score (nSPS) is 25.3. The predicted molar refractivity (Wildman–Crippen MR) is 121 cm³/mol. The quantitative estimate of drug-likeness (QED) is 0.760. The van der Waals surface area contributed by atoms with Crippen LogP contribution in [0.25, 0.3) is 6.08 Å². The van der Waals surface area contributed by atoms with E-state index in [1.165, 1.54) is 0 Å². The average Bonchev–Trinajstić information content (AvgIpc) is 3.22. The lowest BCUT2D eigenvalue weighted by Crippen LogP contribution is -2.86. The van der Waals surface area contributed by atoms with Crippen molar-refractivity contribution in [1.29, 1.82) is 0 Å². The molecule has 3 aliphatic rings. The number of nitrogens with zero attached hydrogens (tertiary/aromatic N) is 3. The number of carbonyl (C=O) groups excluding carboxylic acids is 2. The summed E-state index contributed by atoms with van der Waals surface area (Å²) in [6.07, 6.45) is 8.31. The fourth-order valence-electron chi connectivity index (χ4n) is 5.96. The van der Waals surface area contributed by atoms with Crippen LogP contribution in [-0.4, -0.2) is 83.5 Å². The largest absolute Gasteiger partial charge is 0.394 e. The number of aliphatic hydroxyl groups is 1. The third kappa shape index (κ3) is 3.80. The van der Waals surface area contributed by atoms with Crippen LogP contribution in [-0.2, 0) is 9.59 Å². The van der Waals surface area contributed by atoms with Gasteiger partial charge in [0.05, 0.1) is 24.7 Å². The first-order chi connectivity index (χ1) is 14.9. The zero-order valence-corrected chi connectivity index (χ0v) is 19.0. The molecule has 2 amide bonds. The lowest BCUT2D eigenvalue weighted by atomic mass is 9.60. The summed E-state index contributed by atoms with van der Waals surface area (Å²) >= 11 is 0. The van der Waals surface area contributed by atoms with Gasteiger partial charge in [-0.15, -0.1) is 0 Å². The molecule has 2 heterocycles. The van der Waals surface area contributed by atoms with Gasteiger partial charge < -0.3 is 19.8 Å².